The zero-order valence-corrected chi connectivity index (χ0v) is 16.5. The second kappa shape index (κ2) is 9.81. The van der Waals surface area contributed by atoms with Gasteiger partial charge >= 0.3 is 0 Å². The van der Waals surface area contributed by atoms with E-state index < -0.39 is 0 Å². The van der Waals surface area contributed by atoms with Crippen LogP contribution in [0.4, 0.5) is 0 Å². The SMILES string of the molecule is COCCOc1ccc(-n2nc(C)c(C(=O)NCC(N)c3ccccc3)n2)cc1. The number of benzene rings is 2. The van der Waals surface area contributed by atoms with Gasteiger partial charge in [-0.2, -0.15) is 9.90 Å². The summed E-state index contributed by atoms with van der Waals surface area (Å²) >= 11 is 0. The first-order chi connectivity index (χ1) is 14.1. The highest BCUT2D eigenvalue weighted by atomic mass is 16.5. The molecule has 0 radical (unpaired) electrons. The predicted octanol–water partition coefficient (Wildman–Crippen LogP) is 2.03. The third kappa shape index (κ3) is 5.40. The van der Waals surface area contributed by atoms with E-state index in [1.54, 1.807) is 14.0 Å². The summed E-state index contributed by atoms with van der Waals surface area (Å²) < 4.78 is 10.5. The van der Waals surface area contributed by atoms with Crippen LogP contribution >= 0.6 is 0 Å². The van der Waals surface area contributed by atoms with Crippen molar-refractivity contribution in [3.05, 3.63) is 71.5 Å². The van der Waals surface area contributed by atoms with Crippen molar-refractivity contribution in [2.75, 3.05) is 26.9 Å². The summed E-state index contributed by atoms with van der Waals surface area (Å²) in [5.74, 6) is 0.419. The molecular weight excluding hydrogens is 370 g/mol. The van der Waals surface area contributed by atoms with Crippen LogP contribution in [0.25, 0.3) is 5.69 Å². The Kier molecular flexibility index (Phi) is 6.94. The van der Waals surface area contributed by atoms with Crippen LogP contribution in [0.3, 0.4) is 0 Å². The summed E-state index contributed by atoms with van der Waals surface area (Å²) in [5, 5.41) is 11.5. The van der Waals surface area contributed by atoms with Crippen LogP contribution in [-0.4, -0.2) is 47.8 Å². The molecule has 3 aromatic rings. The van der Waals surface area contributed by atoms with Crippen molar-refractivity contribution in [1.29, 1.82) is 0 Å². The molecule has 0 aliphatic heterocycles. The van der Waals surface area contributed by atoms with Gasteiger partial charge in [0.1, 0.15) is 12.4 Å². The van der Waals surface area contributed by atoms with Crippen LogP contribution in [0.5, 0.6) is 5.75 Å². The summed E-state index contributed by atoms with van der Waals surface area (Å²) in [4.78, 5) is 14.0. The minimum atomic E-state index is -0.306. The number of nitrogens with zero attached hydrogens (tertiary/aromatic N) is 3. The van der Waals surface area contributed by atoms with E-state index in [1.807, 2.05) is 54.6 Å². The zero-order chi connectivity index (χ0) is 20.6. The molecule has 0 spiro atoms. The zero-order valence-electron chi connectivity index (χ0n) is 16.5. The van der Waals surface area contributed by atoms with E-state index in [2.05, 4.69) is 15.5 Å². The Balaban J connectivity index is 1.62. The fraction of sp³-hybridized carbons (Fsp3) is 0.286. The Morgan fingerprint density at radius 1 is 1.10 bits per heavy atom. The molecule has 0 aliphatic carbocycles. The smallest absolute Gasteiger partial charge is 0.273 e. The number of amides is 1. The van der Waals surface area contributed by atoms with E-state index in [-0.39, 0.29) is 17.6 Å². The molecule has 3 rings (SSSR count). The van der Waals surface area contributed by atoms with Crippen molar-refractivity contribution in [2.45, 2.75) is 13.0 Å². The first-order valence-corrected chi connectivity index (χ1v) is 9.33. The molecule has 1 unspecified atom stereocenters. The van der Waals surface area contributed by atoms with E-state index in [0.717, 1.165) is 17.0 Å². The average molecular weight is 395 g/mol. The molecule has 2 aromatic carbocycles. The maximum absolute atomic E-state index is 12.5. The number of carbonyl (C=O) groups excluding carboxylic acids is 1. The van der Waals surface area contributed by atoms with Crippen molar-refractivity contribution in [3.8, 4) is 11.4 Å². The molecule has 0 saturated heterocycles. The van der Waals surface area contributed by atoms with Gasteiger partial charge in [-0.25, -0.2) is 0 Å². The van der Waals surface area contributed by atoms with Crippen LogP contribution in [0, 0.1) is 6.92 Å². The monoisotopic (exact) mass is 395 g/mol. The van der Waals surface area contributed by atoms with E-state index in [9.17, 15) is 4.79 Å². The van der Waals surface area contributed by atoms with Crippen molar-refractivity contribution in [3.63, 3.8) is 0 Å². The van der Waals surface area contributed by atoms with Gasteiger partial charge in [0, 0.05) is 19.7 Å². The topological polar surface area (TPSA) is 104 Å². The normalized spacial score (nSPS) is 11.8. The third-order valence-electron chi connectivity index (χ3n) is 4.33. The van der Waals surface area contributed by atoms with Gasteiger partial charge in [-0.3, -0.25) is 4.79 Å². The van der Waals surface area contributed by atoms with Crippen molar-refractivity contribution < 1.29 is 14.3 Å². The Hall–Kier alpha value is -3.23. The Morgan fingerprint density at radius 2 is 1.83 bits per heavy atom. The van der Waals surface area contributed by atoms with Crippen LogP contribution < -0.4 is 15.8 Å². The molecule has 1 atom stereocenters. The summed E-state index contributed by atoms with van der Waals surface area (Å²) in [5.41, 5.74) is 8.63. The molecule has 0 fully saturated rings. The molecule has 0 saturated carbocycles. The maximum atomic E-state index is 12.5. The summed E-state index contributed by atoms with van der Waals surface area (Å²) in [7, 11) is 1.63. The quantitative estimate of drug-likeness (QED) is 0.537. The first-order valence-electron chi connectivity index (χ1n) is 9.33. The van der Waals surface area contributed by atoms with Crippen LogP contribution in [0.1, 0.15) is 27.8 Å². The lowest BCUT2D eigenvalue weighted by Gasteiger charge is -2.12. The van der Waals surface area contributed by atoms with Gasteiger partial charge in [0.25, 0.3) is 5.91 Å². The molecule has 0 bridgehead atoms. The fourth-order valence-electron chi connectivity index (χ4n) is 2.73. The van der Waals surface area contributed by atoms with E-state index >= 15 is 0 Å². The number of nitrogens with two attached hydrogens (primary N) is 1. The standard InChI is InChI=1S/C21H25N5O3/c1-15-20(21(27)23-14-19(22)16-6-4-3-5-7-16)25-26(24-15)17-8-10-18(11-9-17)29-13-12-28-2/h3-11,19H,12-14,22H2,1-2H3,(H,23,27). The maximum Gasteiger partial charge on any atom is 0.273 e. The highest BCUT2D eigenvalue weighted by Gasteiger charge is 2.17. The number of aryl methyl sites for hydroxylation is 1. The van der Waals surface area contributed by atoms with Gasteiger partial charge in [0.15, 0.2) is 5.69 Å². The van der Waals surface area contributed by atoms with Crippen LogP contribution in [0.15, 0.2) is 54.6 Å². The van der Waals surface area contributed by atoms with Crippen LogP contribution in [0.2, 0.25) is 0 Å². The highest BCUT2D eigenvalue weighted by Crippen LogP contribution is 2.15. The number of nitrogens with one attached hydrogen (secondary N) is 1. The number of ether oxygens (including phenoxy) is 2. The van der Waals surface area contributed by atoms with Crippen molar-refractivity contribution in [1.82, 2.24) is 20.3 Å². The number of aromatic nitrogens is 3. The highest BCUT2D eigenvalue weighted by molar-refractivity contribution is 5.93. The molecule has 29 heavy (non-hydrogen) atoms. The minimum Gasteiger partial charge on any atom is -0.491 e. The molecule has 1 amide bonds. The van der Waals surface area contributed by atoms with Crippen molar-refractivity contribution in [2.24, 2.45) is 5.73 Å². The number of rotatable bonds is 9. The first kappa shape index (κ1) is 20.5. The van der Waals surface area contributed by atoms with Gasteiger partial charge < -0.3 is 20.5 Å². The Bertz CT molecular complexity index is 925. The Morgan fingerprint density at radius 3 is 2.52 bits per heavy atom. The van der Waals surface area contributed by atoms with E-state index in [0.29, 0.717) is 25.5 Å². The molecule has 1 aromatic heterocycles. The molecular formula is C21H25N5O3. The number of carbonyl (C=O) groups is 1. The summed E-state index contributed by atoms with van der Waals surface area (Å²) in [6, 6.07) is 16.6. The summed E-state index contributed by atoms with van der Waals surface area (Å²) in [6.45, 7) is 3.05. The van der Waals surface area contributed by atoms with E-state index in [4.69, 9.17) is 15.2 Å². The molecule has 8 heteroatoms. The van der Waals surface area contributed by atoms with Gasteiger partial charge in [-0.1, -0.05) is 30.3 Å². The van der Waals surface area contributed by atoms with Crippen LogP contribution in [-0.2, 0) is 4.74 Å². The largest absolute Gasteiger partial charge is 0.491 e. The van der Waals surface area contributed by atoms with E-state index in [1.165, 1.54) is 4.80 Å². The molecule has 1 heterocycles. The molecule has 8 nitrogen and oxygen atoms in total. The number of hydrogen-bond acceptors (Lipinski definition) is 6. The summed E-state index contributed by atoms with van der Waals surface area (Å²) in [6.07, 6.45) is 0. The molecule has 3 N–H and O–H groups in total. The minimum absolute atomic E-state index is 0.269. The van der Waals surface area contributed by atoms with Crippen molar-refractivity contribution >= 4 is 5.91 Å². The number of hydrogen-bond donors (Lipinski definition) is 2. The lowest BCUT2D eigenvalue weighted by molar-refractivity contribution is 0.0945. The second-order valence-corrected chi connectivity index (χ2v) is 6.49. The average Bonchev–Trinajstić information content (AvgIpc) is 3.15. The van der Waals surface area contributed by atoms with Gasteiger partial charge in [-0.15, -0.1) is 5.10 Å². The van der Waals surface area contributed by atoms with Gasteiger partial charge in [0.05, 0.1) is 18.0 Å². The predicted molar refractivity (Wildman–Crippen MR) is 109 cm³/mol. The lowest BCUT2D eigenvalue weighted by atomic mass is 10.1. The molecule has 0 aliphatic rings. The number of methoxy groups -OCH3 is 1. The van der Waals surface area contributed by atoms with Gasteiger partial charge in [-0.05, 0) is 36.8 Å². The molecule has 152 valence electrons. The second-order valence-electron chi connectivity index (χ2n) is 6.49. The fourth-order valence-corrected chi connectivity index (χ4v) is 2.73. The lowest BCUT2D eigenvalue weighted by Crippen LogP contribution is -2.32. The third-order valence-corrected chi connectivity index (χ3v) is 4.33. The Labute approximate surface area is 169 Å². The van der Waals surface area contributed by atoms with Gasteiger partial charge in [0.2, 0.25) is 0 Å².